The minimum atomic E-state index is 0.0513. The minimum absolute atomic E-state index is 0.0513. The molecule has 0 spiro atoms. The molecule has 1 aromatic heterocycles. The molecule has 4 heteroatoms. The second kappa shape index (κ2) is 5.65. The molecule has 0 saturated heterocycles. The van der Waals surface area contributed by atoms with E-state index in [1.54, 1.807) is 6.26 Å². The first-order valence-electron chi connectivity index (χ1n) is 7.13. The maximum absolute atomic E-state index is 6.17. The highest BCUT2D eigenvalue weighted by atomic mass is 16.3. The van der Waals surface area contributed by atoms with Gasteiger partial charge in [0.15, 0.2) is 0 Å². The molecule has 1 aliphatic rings. The van der Waals surface area contributed by atoms with Crippen LogP contribution in [0.15, 0.2) is 22.8 Å². The molecule has 108 valence electrons. The van der Waals surface area contributed by atoms with Crippen molar-refractivity contribution in [2.24, 2.45) is 5.73 Å². The molecular formula is C15H27N3O. The van der Waals surface area contributed by atoms with E-state index < -0.39 is 0 Å². The van der Waals surface area contributed by atoms with E-state index in [0.29, 0.717) is 5.54 Å². The normalized spacial score (nSPS) is 21.4. The maximum Gasteiger partial charge on any atom is 0.122 e. The van der Waals surface area contributed by atoms with Crippen LogP contribution in [0.25, 0.3) is 0 Å². The summed E-state index contributed by atoms with van der Waals surface area (Å²) < 4.78 is 5.57. The Balaban J connectivity index is 2.10. The van der Waals surface area contributed by atoms with Crippen molar-refractivity contribution >= 4 is 0 Å². The van der Waals surface area contributed by atoms with Crippen molar-refractivity contribution in [1.82, 2.24) is 9.80 Å². The highest BCUT2D eigenvalue weighted by Crippen LogP contribution is 2.38. The Morgan fingerprint density at radius 1 is 1.37 bits per heavy atom. The van der Waals surface area contributed by atoms with Crippen LogP contribution in [0.2, 0.25) is 0 Å². The zero-order chi connectivity index (χ0) is 14.0. The fraction of sp³-hybridized carbons (Fsp3) is 0.733. The molecule has 0 aromatic carbocycles. The summed E-state index contributed by atoms with van der Waals surface area (Å²) in [7, 11) is 6.52. The molecule has 2 N–H and O–H groups in total. The lowest BCUT2D eigenvalue weighted by Gasteiger charge is -2.50. The van der Waals surface area contributed by atoms with E-state index in [1.807, 2.05) is 19.1 Å². The van der Waals surface area contributed by atoms with E-state index in [0.717, 1.165) is 12.3 Å². The summed E-state index contributed by atoms with van der Waals surface area (Å²) >= 11 is 0. The van der Waals surface area contributed by atoms with E-state index in [1.165, 1.54) is 19.3 Å². The van der Waals surface area contributed by atoms with Crippen LogP contribution in [-0.4, -0.2) is 49.1 Å². The number of furan rings is 1. The fourth-order valence-corrected chi connectivity index (χ4v) is 3.23. The second-order valence-electron chi connectivity index (χ2n) is 6.21. The number of hydrogen-bond acceptors (Lipinski definition) is 4. The number of hydrogen-bond donors (Lipinski definition) is 1. The molecule has 4 nitrogen and oxygen atoms in total. The lowest BCUT2D eigenvalue weighted by Crippen LogP contribution is -2.58. The largest absolute Gasteiger partial charge is 0.468 e. The van der Waals surface area contributed by atoms with Crippen LogP contribution in [0.5, 0.6) is 0 Å². The molecule has 1 aromatic rings. The second-order valence-corrected chi connectivity index (χ2v) is 6.21. The van der Waals surface area contributed by atoms with Gasteiger partial charge < -0.3 is 15.1 Å². The number of rotatable bonds is 6. The SMILES string of the molecule is CC(N)C(c1ccco1)N(C)CC1(N(C)C)CCC1. The van der Waals surface area contributed by atoms with Crippen LogP contribution < -0.4 is 5.73 Å². The summed E-state index contributed by atoms with van der Waals surface area (Å²) in [6, 6.07) is 4.15. The van der Waals surface area contributed by atoms with Gasteiger partial charge >= 0.3 is 0 Å². The van der Waals surface area contributed by atoms with Gasteiger partial charge in [-0.05, 0) is 59.5 Å². The first-order valence-corrected chi connectivity index (χ1v) is 7.13. The Bertz CT molecular complexity index is 382. The van der Waals surface area contributed by atoms with E-state index in [9.17, 15) is 0 Å². The van der Waals surface area contributed by atoms with Gasteiger partial charge in [-0.3, -0.25) is 4.90 Å². The molecule has 1 fully saturated rings. The molecule has 2 atom stereocenters. The predicted molar refractivity (Wildman–Crippen MR) is 78.0 cm³/mol. The van der Waals surface area contributed by atoms with Gasteiger partial charge in [0.1, 0.15) is 5.76 Å². The van der Waals surface area contributed by atoms with E-state index in [4.69, 9.17) is 10.2 Å². The summed E-state index contributed by atoms with van der Waals surface area (Å²) in [6.07, 6.45) is 5.60. The quantitative estimate of drug-likeness (QED) is 0.855. The third-order valence-electron chi connectivity index (χ3n) is 4.58. The van der Waals surface area contributed by atoms with Gasteiger partial charge in [0.05, 0.1) is 12.3 Å². The molecule has 1 saturated carbocycles. The van der Waals surface area contributed by atoms with E-state index in [2.05, 4.69) is 30.9 Å². The third-order valence-corrected chi connectivity index (χ3v) is 4.58. The topological polar surface area (TPSA) is 45.6 Å². The molecule has 1 aliphatic carbocycles. The average Bonchev–Trinajstić information content (AvgIpc) is 2.75. The van der Waals surface area contributed by atoms with Crippen molar-refractivity contribution in [2.45, 2.75) is 43.8 Å². The highest BCUT2D eigenvalue weighted by molar-refractivity contribution is 5.09. The van der Waals surface area contributed by atoms with Gasteiger partial charge in [-0.2, -0.15) is 0 Å². The van der Waals surface area contributed by atoms with Crippen LogP contribution in [-0.2, 0) is 0 Å². The average molecular weight is 265 g/mol. The monoisotopic (exact) mass is 265 g/mol. The first kappa shape index (κ1) is 14.6. The van der Waals surface area contributed by atoms with Crippen LogP contribution in [0.3, 0.4) is 0 Å². The zero-order valence-electron chi connectivity index (χ0n) is 12.6. The van der Waals surface area contributed by atoms with Gasteiger partial charge in [0.25, 0.3) is 0 Å². The van der Waals surface area contributed by atoms with Gasteiger partial charge in [-0.1, -0.05) is 0 Å². The summed E-state index contributed by atoms with van der Waals surface area (Å²) in [5.41, 5.74) is 6.48. The molecule has 0 amide bonds. The van der Waals surface area contributed by atoms with Crippen molar-refractivity contribution in [3.8, 4) is 0 Å². The standard InChI is InChI=1S/C15H27N3O/c1-12(16)14(13-7-5-10-19-13)18(4)11-15(17(2)3)8-6-9-15/h5,7,10,12,14H,6,8-9,11,16H2,1-4H3. The molecule has 0 aliphatic heterocycles. The number of nitrogens with two attached hydrogens (primary N) is 1. The summed E-state index contributed by atoms with van der Waals surface area (Å²) in [4.78, 5) is 4.72. The smallest absolute Gasteiger partial charge is 0.122 e. The number of likely N-dealkylation sites (N-methyl/N-ethyl adjacent to an activating group) is 2. The Kier molecular flexibility index (Phi) is 4.33. The van der Waals surface area contributed by atoms with Crippen LogP contribution in [0.1, 0.15) is 38.0 Å². The summed E-state index contributed by atoms with van der Waals surface area (Å²) in [6.45, 7) is 3.08. The summed E-state index contributed by atoms with van der Waals surface area (Å²) in [5.74, 6) is 0.964. The fourth-order valence-electron chi connectivity index (χ4n) is 3.23. The minimum Gasteiger partial charge on any atom is -0.468 e. The zero-order valence-corrected chi connectivity index (χ0v) is 12.6. The van der Waals surface area contributed by atoms with Gasteiger partial charge in [0.2, 0.25) is 0 Å². The predicted octanol–water partition coefficient (Wildman–Crippen LogP) is 2.08. The molecule has 2 rings (SSSR count). The summed E-state index contributed by atoms with van der Waals surface area (Å²) in [5, 5.41) is 0. The molecule has 2 unspecified atom stereocenters. The maximum atomic E-state index is 6.17. The van der Waals surface area contributed by atoms with Crippen LogP contribution in [0.4, 0.5) is 0 Å². The molecule has 0 bridgehead atoms. The third kappa shape index (κ3) is 2.86. The Hall–Kier alpha value is -0.840. The van der Waals surface area contributed by atoms with Crippen molar-refractivity contribution in [1.29, 1.82) is 0 Å². The van der Waals surface area contributed by atoms with Crippen LogP contribution >= 0.6 is 0 Å². The van der Waals surface area contributed by atoms with E-state index in [-0.39, 0.29) is 12.1 Å². The van der Waals surface area contributed by atoms with Crippen molar-refractivity contribution in [2.75, 3.05) is 27.7 Å². The van der Waals surface area contributed by atoms with Crippen molar-refractivity contribution < 1.29 is 4.42 Å². The number of nitrogens with zero attached hydrogens (tertiary/aromatic N) is 2. The Morgan fingerprint density at radius 2 is 2.05 bits per heavy atom. The Labute approximate surface area is 116 Å². The molecule has 19 heavy (non-hydrogen) atoms. The molecule has 0 radical (unpaired) electrons. The van der Waals surface area contributed by atoms with Crippen LogP contribution in [0, 0.1) is 0 Å². The van der Waals surface area contributed by atoms with Crippen molar-refractivity contribution in [3.05, 3.63) is 24.2 Å². The van der Waals surface area contributed by atoms with Gasteiger partial charge in [0, 0.05) is 18.1 Å². The molecule has 1 heterocycles. The first-order chi connectivity index (χ1) is 8.96. The lowest BCUT2D eigenvalue weighted by molar-refractivity contribution is 0.0101. The Morgan fingerprint density at radius 3 is 2.42 bits per heavy atom. The molecular weight excluding hydrogens is 238 g/mol. The van der Waals surface area contributed by atoms with Crippen molar-refractivity contribution in [3.63, 3.8) is 0 Å². The van der Waals surface area contributed by atoms with E-state index >= 15 is 0 Å². The van der Waals surface area contributed by atoms with Gasteiger partial charge in [-0.15, -0.1) is 0 Å². The van der Waals surface area contributed by atoms with Gasteiger partial charge in [-0.25, -0.2) is 0 Å². The lowest BCUT2D eigenvalue weighted by atomic mass is 9.75. The highest BCUT2D eigenvalue weighted by Gasteiger charge is 2.41.